The van der Waals surface area contributed by atoms with Crippen molar-refractivity contribution in [3.05, 3.63) is 64.0 Å². The van der Waals surface area contributed by atoms with Gasteiger partial charge in [0.15, 0.2) is 5.13 Å². The Morgan fingerprint density at radius 2 is 1.97 bits per heavy atom. The van der Waals surface area contributed by atoms with Gasteiger partial charge in [0.05, 0.1) is 31.1 Å². The van der Waals surface area contributed by atoms with E-state index in [2.05, 4.69) is 34.5 Å². The molecule has 0 spiro atoms. The molecule has 7 nitrogen and oxygen atoms in total. The fourth-order valence-corrected chi connectivity index (χ4v) is 6.60. The SMILES string of the molecule is CCOC(=O)c1c(Nc2nc3c(OC)cc(OC)cc3s2)sc2c1CCN(Cc1ccccc1)C2. The first kappa shape index (κ1) is 23.6. The van der Waals surface area contributed by atoms with Gasteiger partial charge in [-0.3, -0.25) is 4.90 Å². The number of thiophene rings is 1. The van der Waals surface area contributed by atoms with Crippen molar-refractivity contribution in [3.8, 4) is 11.5 Å². The molecule has 0 radical (unpaired) electrons. The van der Waals surface area contributed by atoms with Crippen LogP contribution in [0.2, 0.25) is 0 Å². The molecule has 1 N–H and O–H groups in total. The molecule has 2 aromatic heterocycles. The average molecular weight is 510 g/mol. The number of thiazole rings is 1. The predicted molar refractivity (Wildman–Crippen MR) is 141 cm³/mol. The number of rotatable bonds is 8. The van der Waals surface area contributed by atoms with Gasteiger partial charge in [-0.1, -0.05) is 41.7 Å². The quantitative estimate of drug-likeness (QED) is 0.299. The highest BCUT2D eigenvalue weighted by molar-refractivity contribution is 7.23. The lowest BCUT2D eigenvalue weighted by Gasteiger charge is -2.27. The Morgan fingerprint density at radius 3 is 2.71 bits per heavy atom. The molecule has 0 unspecified atom stereocenters. The van der Waals surface area contributed by atoms with Crippen LogP contribution in [0.5, 0.6) is 11.5 Å². The third kappa shape index (κ3) is 4.84. The second-order valence-electron chi connectivity index (χ2n) is 8.20. The standard InChI is InChI=1S/C26H27N3O4S2/c1-4-33-25(30)22-18-10-11-29(14-16-8-6-5-7-9-16)15-21(18)34-24(22)28-26-27-23-19(32-3)12-17(31-2)13-20(23)35-26/h5-9,12-13H,4,10-11,14-15H2,1-3H3,(H,27,28). The van der Waals surface area contributed by atoms with Crippen LogP contribution < -0.4 is 14.8 Å². The molecule has 3 heterocycles. The first-order valence-corrected chi connectivity index (χ1v) is 13.1. The maximum absolute atomic E-state index is 13.0. The summed E-state index contributed by atoms with van der Waals surface area (Å²) in [5, 5.41) is 4.89. The van der Waals surface area contributed by atoms with Crippen molar-refractivity contribution in [1.82, 2.24) is 9.88 Å². The molecular weight excluding hydrogens is 482 g/mol. The molecular formula is C26H27N3O4S2. The van der Waals surface area contributed by atoms with Crippen molar-refractivity contribution in [2.24, 2.45) is 0 Å². The van der Waals surface area contributed by atoms with Gasteiger partial charge >= 0.3 is 5.97 Å². The van der Waals surface area contributed by atoms with Crippen LogP contribution in [0.15, 0.2) is 42.5 Å². The van der Waals surface area contributed by atoms with Crippen molar-refractivity contribution >= 4 is 49.0 Å². The van der Waals surface area contributed by atoms with Crippen molar-refractivity contribution < 1.29 is 19.0 Å². The second kappa shape index (κ2) is 10.2. The van der Waals surface area contributed by atoms with Gasteiger partial charge in [-0.05, 0) is 30.5 Å². The number of hydrogen-bond donors (Lipinski definition) is 1. The number of carbonyl (C=O) groups excluding carboxylic acids is 1. The number of nitrogens with zero attached hydrogens (tertiary/aromatic N) is 2. The Kier molecular flexibility index (Phi) is 6.90. The summed E-state index contributed by atoms with van der Waals surface area (Å²) in [7, 11) is 3.25. The number of fused-ring (bicyclic) bond motifs is 2. The third-order valence-corrected chi connectivity index (χ3v) is 8.02. The van der Waals surface area contributed by atoms with Crippen LogP contribution in [0, 0.1) is 0 Å². The van der Waals surface area contributed by atoms with Gasteiger partial charge < -0.3 is 19.5 Å². The first-order chi connectivity index (χ1) is 17.1. The molecule has 4 aromatic rings. The number of nitrogens with one attached hydrogen (secondary N) is 1. The van der Waals surface area contributed by atoms with E-state index in [9.17, 15) is 4.79 Å². The molecule has 5 rings (SSSR count). The number of methoxy groups -OCH3 is 2. The summed E-state index contributed by atoms with van der Waals surface area (Å²) in [6, 6.07) is 14.2. The fraction of sp³-hybridized carbons (Fsp3) is 0.308. The van der Waals surface area contributed by atoms with Crippen LogP contribution in [-0.2, 0) is 24.2 Å². The molecule has 0 saturated carbocycles. The van der Waals surface area contributed by atoms with Gasteiger partial charge in [0.25, 0.3) is 0 Å². The maximum atomic E-state index is 13.0. The van der Waals surface area contributed by atoms with E-state index in [0.717, 1.165) is 46.8 Å². The molecule has 0 saturated heterocycles. The van der Waals surface area contributed by atoms with Gasteiger partial charge in [-0.2, -0.15) is 0 Å². The van der Waals surface area contributed by atoms with Crippen LogP contribution in [0.4, 0.5) is 10.1 Å². The van der Waals surface area contributed by atoms with E-state index in [-0.39, 0.29) is 5.97 Å². The number of benzene rings is 2. The zero-order valence-corrected chi connectivity index (χ0v) is 21.6. The minimum absolute atomic E-state index is 0.288. The molecule has 0 aliphatic carbocycles. The molecule has 9 heteroatoms. The molecule has 35 heavy (non-hydrogen) atoms. The summed E-state index contributed by atoms with van der Waals surface area (Å²) in [6.07, 6.45) is 0.805. The van der Waals surface area contributed by atoms with Crippen molar-refractivity contribution in [3.63, 3.8) is 0 Å². The number of hydrogen-bond acceptors (Lipinski definition) is 9. The smallest absolute Gasteiger partial charge is 0.341 e. The Balaban J connectivity index is 1.46. The van der Waals surface area contributed by atoms with E-state index >= 15 is 0 Å². The van der Waals surface area contributed by atoms with E-state index in [4.69, 9.17) is 19.2 Å². The number of ether oxygens (including phenoxy) is 3. The van der Waals surface area contributed by atoms with E-state index in [1.54, 1.807) is 25.6 Å². The molecule has 0 atom stereocenters. The molecule has 1 aliphatic rings. The zero-order chi connectivity index (χ0) is 24.4. The summed E-state index contributed by atoms with van der Waals surface area (Å²) < 4.78 is 17.3. The Morgan fingerprint density at radius 1 is 1.14 bits per heavy atom. The minimum atomic E-state index is -0.288. The molecule has 0 amide bonds. The lowest BCUT2D eigenvalue weighted by molar-refractivity contribution is 0.0526. The van der Waals surface area contributed by atoms with Gasteiger partial charge in [0.1, 0.15) is 22.0 Å². The summed E-state index contributed by atoms with van der Waals surface area (Å²) in [6.45, 7) is 4.74. The number of anilines is 2. The van der Waals surface area contributed by atoms with E-state index in [1.165, 1.54) is 21.8 Å². The highest BCUT2D eigenvalue weighted by atomic mass is 32.1. The Bertz CT molecular complexity index is 1350. The van der Waals surface area contributed by atoms with E-state index in [1.807, 2.05) is 25.1 Å². The van der Waals surface area contributed by atoms with Crippen molar-refractivity contribution in [1.29, 1.82) is 0 Å². The highest BCUT2D eigenvalue weighted by Crippen LogP contribution is 2.42. The van der Waals surface area contributed by atoms with E-state index in [0.29, 0.717) is 28.8 Å². The fourth-order valence-electron chi connectivity index (χ4n) is 4.34. The van der Waals surface area contributed by atoms with Crippen LogP contribution >= 0.6 is 22.7 Å². The Labute approximate surface area is 212 Å². The van der Waals surface area contributed by atoms with Crippen LogP contribution in [0.25, 0.3) is 10.2 Å². The molecule has 182 valence electrons. The second-order valence-corrected chi connectivity index (χ2v) is 10.3. The molecule has 0 bridgehead atoms. The highest BCUT2D eigenvalue weighted by Gasteiger charge is 2.29. The summed E-state index contributed by atoms with van der Waals surface area (Å²) in [4.78, 5) is 21.4. The van der Waals surface area contributed by atoms with Gasteiger partial charge in [-0.15, -0.1) is 11.3 Å². The molecule has 2 aromatic carbocycles. The normalized spacial score (nSPS) is 13.5. The van der Waals surface area contributed by atoms with Gasteiger partial charge in [-0.25, -0.2) is 9.78 Å². The number of esters is 1. The summed E-state index contributed by atoms with van der Waals surface area (Å²) in [5.41, 5.74) is 3.76. The third-order valence-electron chi connectivity index (χ3n) is 5.97. The van der Waals surface area contributed by atoms with Crippen molar-refractivity contribution in [2.45, 2.75) is 26.4 Å². The monoisotopic (exact) mass is 509 g/mol. The number of carbonyl (C=O) groups is 1. The number of aromatic nitrogens is 1. The van der Waals surface area contributed by atoms with Crippen molar-refractivity contribution in [2.75, 3.05) is 32.7 Å². The lowest BCUT2D eigenvalue weighted by atomic mass is 10.0. The lowest BCUT2D eigenvalue weighted by Crippen LogP contribution is -2.29. The summed E-state index contributed by atoms with van der Waals surface area (Å²) in [5.74, 6) is 1.07. The van der Waals surface area contributed by atoms with Crippen LogP contribution in [-0.4, -0.2) is 43.2 Å². The van der Waals surface area contributed by atoms with Gasteiger partial charge in [0.2, 0.25) is 0 Å². The van der Waals surface area contributed by atoms with Gasteiger partial charge in [0, 0.05) is 30.6 Å². The zero-order valence-electron chi connectivity index (χ0n) is 19.9. The minimum Gasteiger partial charge on any atom is -0.497 e. The largest absolute Gasteiger partial charge is 0.497 e. The Hall–Kier alpha value is -3.14. The van der Waals surface area contributed by atoms with Crippen LogP contribution in [0.3, 0.4) is 0 Å². The van der Waals surface area contributed by atoms with Crippen LogP contribution in [0.1, 0.15) is 33.3 Å². The average Bonchev–Trinajstić information content (AvgIpc) is 3.44. The first-order valence-electron chi connectivity index (χ1n) is 11.5. The van der Waals surface area contributed by atoms with E-state index < -0.39 is 0 Å². The topological polar surface area (TPSA) is 72.9 Å². The molecule has 1 aliphatic heterocycles. The summed E-state index contributed by atoms with van der Waals surface area (Å²) >= 11 is 3.11. The molecule has 0 fully saturated rings. The maximum Gasteiger partial charge on any atom is 0.341 e. The predicted octanol–water partition coefficient (Wildman–Crippen LogP) is 5.85.